The second-order valence-electron chi connectivity index (χ2n) is 2.40. The van der Waals surface area contributed by atoms with Gasteiger partial charge in [-0.25, -0.2) is 4.79 Å². The molecule has 0 unspecified atom stereocenters. The van der Waals surface area contributed by atoms with Gasteiger partial charge >= 0.3 is 11.9 Å². The van der Waals surface area contributed by atoms with E-state index in [0.29, 0.717) is 5.70 Å². The molecule has 0 aliphatic heterocycles. The zero-order valence-corrected chi connectivity index (χ0v) is 7.70. The Bertz CT molecular complexity index is 218. The number of carbonyl (C=O) groups excluding carboxylic acids is 2. The molecule has 0 rings (SSSR count). The predicted octanol–water partition coefficient (Wildman–Crippen LogP) is -0.0448. The number of hydrogen-bond donors (Lipinski definition) is 1. The summed E-state index contributed by atoms with van der Waals surface area (Å²) >= 11 is 0. The quantitative estimate of drug-likeness (QED) is 0.379. The van der Waals surface area contributed by atoms with Gasteiger partial charge in [0.1, 0.15) is 13.2 Å². The van der Waals surface area contributed by atoms with Crippen molar-refractivity contribution in [3.63, 3.8) is 0 Å². The number of nitrogens with two attached hydrogens (primary N) is 1. The van der Waals surface area contributed by atoms with Crippen molar-refractivity contribution in [1.82, 2.24) is 0 Å². The monoisotopic (exact) mass is 187 g/mol. The average molecular weight is 187 g/mol. The molecular weight excluding hydrogens is 174 g/mol. The van der Waals surface area contributed by atoms with E-state index in [1.165, 1.54) is 6.92 Å². The SMILES string of the molecule is CC(=O)OCCOC(=O)/C=C(/C)N. The normalized spacial score (nSPS) is 10.8. The van der Waals surface area contributed by atoms with Crippen molar-refractivity contribution in [3.05, 3.63) is 11.8 Å². The molecule has 5 nitrogen and oxygen atoms in total. The van der Waals surface area contributed by atoms with Gasteiger partial charge in [0, 0.05) is 18.7 Å². The van der Waals surface area contributed by atoms with Gasteiger partial charge in [-0.05, 0) is 6.92 Å². The lowest BCUT2D eigenvalue weighted by Gasteiger charge is -2.02. The third-order valence-corrected chi connectivity index (χ3v) is 0.979. The molecule has 0 aromatic rings. The number of hydrogen-bond acceptors (Lipinski definition) is 5. The fraction of sp³-hybridized carbons (Fsp3) is 0.500. The first-order chi connectivity index (χ1) is 6.02. The summed E-state index contributed by atoms with van der Waals surface area (Å²) in [5, 5.41) is 0. The summed E-state index contributed by atoms with van der Waals surface area (Å²) in [6.07, 6.45) is 1.16. The van der Waals surface area contributed by atoms with Crippen LogP contribution in [0.4, 0.5) is 0 Å². The van der Waals surface area contributed by atoms with Crippen LogP contribution in [0.25, 0.3) is 0 Å². The van der Waals surface area contributed by atoms with Crippen LogP contribution in [-0.4, -0.2) is 25.2 Å². The fourth-order valence-electron chi connectivity index (χ4n) is 0.555. The van der Waals surface area contributed by atoms with Gasteiger partial charge in [0.25, 0.3) is 0 Å². The molecule has 0 atom stereocenters. The molecule has 0 aromatic carbocycles. The van der Waals surface area contributed by atoms with Crippen LogP contribution in [0.3, 0.4) is 0 Å². The Morgan fingerprint density at radius 1 is 1.23 bits per heavy atom. The van der Waals surface area contributed by atoms with Crippen LogP contribution < -0.4 is 5.73 Å². The molecule has 0 saturated carbocycles. The first kappa shape index (κ1) is 11.5. The molecule has 0 saturated heterocycles. The van der Waals surface area contributed by atoms with Crippen LogP contribution in [0.5, 0.6) is 0 Å². The predicted molar refractivity (Wildman–Crippen MR) is 45.5 cm³/mol. The van der Waals surface area contributed by atoms with Gasteiger partial charge in [-0.15, -0.1) is 0 Å². The Labute approximate surface area is 76.5 Å². The fourth-order valence-corrected chi connectivity index (χ4v) is 0.555. The van der Waals surface area contributed by atoms with Gasteiger partial charge in [0.2, 0.25) is 0 Å². The topological polar surface area (TPSA) is 78.6 Å². The lowest BCUT2D eigenvalue weighted by Crippen LogP contribution is -2.11. The van der Waals surface area contributed by atoms with Gasteiger partial charge < -0.3 is 15.2 Å². The van der Waals surface area contributed by atoms with Crippen molar-refractivity contribution in [3.8, 4) is 0 Å². The maximum Gasteiger partial charge on any atom is 0.332 e. The lowest BCUT2D eigenvalue weighted by atomic mass is 10.4. The van der Waals surface area contributed by atoms with Gasteiger partial charge in [-0.3, -0.25) is 4.79 Å². The maximum absolute atomic E-state index is 10.8. The first-order valence-corrected chi connectivity index (χ1v) is 3.76. The van der Waals surface area contributed by atoms with Crippen molar-refractivity contribution in [2.75, 3.05) is 13.2 Å². The third-order valence-electron chi connectivity index (χ3n) is 0.979. The number of rotatable bonds is 4. The third kappa shape index (κ3) is 8.39. The number of allylic oxidation sites excluding steroid dienone is 1. The van der Waals surface area contributed by atoms with Gasteiger partial charge in [0.15, 0.2) is 0 Å². The summed E-state index contributed by atoms with van der Waals surface area (Å²) in [5.74, 6) is -0.936. The molecule has 0 radical (unpaired) electrons. The minimum atomic E-state index is -0.535. The summed E-state index contributed by atoms with van der Waals surface area (Å²) in [6, 6.07) is 0. The van der Waals surface area contributed by atoms with Crippen LogP contribution in [0, 0.1) is 0 Å². The van der Waals surface area contributed by atoms with E-state index in [1.807, 2.05) is 0 Å². The Hall–Kier alpha value is -1.52. The average Bonchev–Trinajstić information content (AvgIpc) is 1.96. The highest BCUT2D eigenvalue weighted by Crippen LogP contribution is 1.86. The molecule has 0 fully saturated rings. The summed E-state index contributed by atoms with van der Waals surface area (Å²) in [5.41, 5.74) is 5.59. The summed E-state index contributed by atoms with van der Waals surface area (Å²) < 4.78 is 9.16. The molecule has 0 aliphatic carbocycles. The van der Waals surface area contributed by atoms with Gasteiger partial charge in [-0.2, -0.15) is 0 Å². The van der Waals surface area contributed by atoms with Crippen molar-refractivity contribution in [2.24, 2.45) is 5.73 Å². The number of esters is 2. The minimum absolute atomic E-state index is 0.0438. The van der Waals surface area contributed by atoms with E-state index in [0.717, 1.165) is 6.08 Å². The maximum atomic E-state index is 10.8. The van der Waals surface area contributed by atoms with Crippen molar-refractivity contribution in [1.29, 1.82) is 0 Å². The molecule has 0 amide bonds. The highest BCUT2D eigenvalue weighted by molar-refractivity contribution is 5.82. The van der Waals surface area contributed by atoms with Gasteiger partial charge in [-0.1, -0.05) is 0 Å². The van der Waals surface area contributed by atoms with E-state index < -0.39 is 11.9 Å². The van der Waals surface area contributed by atoms with E-state index >= 15 is 0 Å². The minimum Gasteiger partial charge on any atom is -0.462 e. The van der Waals surface area contributed by atoms with Crippen LogP contribution >= 0.6 is 0 Å². The summed E-state index contributed by atoms with van der Waals surface area (Å²) in [6.45, 7) is 2.97. The molecule has 2 N–H and O–H groups in total. The van der Waals surface area contributed by atoms with E-state index in [-0.39, 0.29) is 13.2 Å². The molecule has 0 heterocycles. The Kier molecular flexibility index (Phi) is 5.34. The molecule has 5 heteroatoms. The number of ether oxygens (including phenoxy) is 2. The molecular formula is C8H13NO4. The van der Waals surface area contributed by atoms with E-state index in [9.17, 15) is 9.59 Å². The van der Waals surface area contributed by atoms with Crippen LogP contribution in [0.1, 0.15) is 13.8 Å². The molecule has 13 heavy (non-hydrogen) atoms. The second-order valence-corrected chi connectivity index (χ2v) is 2.40. The largest absolute Gasteiger partial charge is 0.462 e. The molecule has 0 bridgehead atoms. The summed E-state index contributed by atoms with van der Waals surface area (Å²) in [7, 11) is 0. The number of carbonyl (C=O) groups is 2. The van der Waals surface area contributed by atoms with Crippen LogP contribution in [0.15, 0.2) is 11.8 Å². The van der Waals surface area contributed by atoms with Crippen molar-refractivity contribution >= 4 is 11.9 Å². The Morgan fingerprint density at radius 3 is 2.23 bits per heavy atom. The molecule has 0 aliphatic rings. The highest BCUT2D eigenvalue weighted by atomic mass is 16.6. The summed E-state index contributed by atoms with van der Waals surface area (Å²) in [4.78, 5) is 21.1. The Balaban J connectivity index is 3.49. The molecule has 0 aromatic heterocycles. The van der Waals surface area contributed by atoms with Crippen molar-refractivity contribution < 1.29 is 19.1 Å². The van der Waals surface area contributed by atoms with Crippen molar-refractivity contribution in [2.45, 2.75) is 13.8 Å². The first-order valence-electron chi connectivity index (χ1n) is 3.76. The second kappa shape index (κ2) is 6.05. The standard InChI is InChI=1S/C8H13NO4/c1-6(9)5-8(11)13-4-3-12-7(2)10/h5H,3-4,9H2,1-2H3/b6-5-. The van der Waals surface area contributed by atoms with Gasteiger partial charge in [0.05, 0.1) is 0 Å². The van der Waals surface area contributed by atoms with E-state index in [2.05, 4.69) is 9.47 Å². The zero-order chi connectivity index (χ0) is 10.3. The van der Waals surface area contributed by atoms with E-state index in [1.54, 1.807) is 6.92 Å². The lowest BCUT2D eigenvalue weighted by molar-refractivity contribution is -0.147. The smallest absolute Gasteiger partial charge is 0.332 e. The Morgan fingerprint density at radius 2 is 1.77 bits per heavy atom. The molecule has 74 valence electrons. The highest BCUT2D eigenvalue weighted by Gasteiger charge is 1.98. The molecule has 0 spiro atoms. The zero-order valence-electron chi connectivity index (χ0n) is 7.70. The van der Waals surface area contributed by atoms with E-state index in [4.69, 9.17) is 5.73 Å². The van der Waals surface area contributed by atoms with Crippen LogP contribution in [-0.2, 0) is 19.1 Å². The van der Waals surface area contributed by atoms with Crippen LogP contribution in [0.2, 0.25) is 0 Å².